The number of hydrogen-bond donors (Lipinski definition) is 1. The summed E-state index contributed by atoms with van der Waals surface area (Å²) in [7, 11) is 0. The van der Waals surface area contributed by atoms with E-state index in [4.69, 9.17) is 5.73 Å². The molecule has 94 valence electrons. The monoisotopic (exact) mass is 248 g/mol. The summed E-state index contributed by atoms with van der Waals surface area (Å²) in [5, 5.41) is 9.29. The van der Waals surface area contributed by atoms with E-state index in [1.165, 1.54) is 22.3 Å². The van der Waals surface area contributed by atoms with Crippen molar-refractivity contribution < 1.29 is 0 Å². The minimum atomic E-state index is -0.548. The Balaban J connectivity index is 2.21. The van der Waals surface area contributed by atoms with Crippen LogP contribution in [-0.4, -0.2) is 0 Å². The van der Waals surface area contributed by atoms with Gasteiger partial charge in [0.25, 0.3) is 0 Å². The van der Waals surface area contributed by atoms with Crippen LogP contribution in [0.3, 0.4) is 0 Å². The highest BCUT2D eigenvalue weighted by atomic mass is 14.6. The standard InChI is InChI=1S/C17H16N2/c1-17(2,10-18)15-8-7-13-12-6-4-3-5-11(12)9-14(13)16(15)19/h3-8H,9,19H2,1-2H3. The smallest absolute Gasteiger partial charge is 0.0786 e. The first kappa shape index (κ1) is 11.8. The summed E-state index contributed by atoms with van der Waals surface area (Å²) in [6.45, 7) is 3.82. The average molecular weight is 248 g/mol. The minimum Gasteiger partial charge on any atom is -0.398 e. The molecule has 0 radical (unpaired) electrons. The third-order valence-electron chi connectivity index (χ3n) is 3.98. The molecule has 0 fully saturated rings. The second-order valence-corrected chi connectivity index (χ2v) is 5.62. The Labute approximate surface area is 113 Å². The van der Waals surface area contributed by atoms with Crippen LogP contribution in [0.4, 0.5) is 5.69 Å². The van der Waals surface area contributed by atoms with Crippen LogP contribution >= 0.6 is 0 Å². The van der Waals surface area contributed by atoms with E-state index in [2.05, 4.69) is 36.4 Å². The minimum absolute atomic E-state index is 0.548. The largest absolute Gasteiger partial charge is 0.398 e. The number of fused-ring (bicyclic) bond motifs is 3. The fourth-order valence-corrected chi connectivity index (χ4v) is 2.84. The van der Waals surface area contributed by atoms with E-state index in [1.807, 2.05) is 19.9 Å². The Hall–Kier alpha value is -2.27. The summed E-state index contributed by atoms with van der Waals surface area (Å²) in [5.74, 6) is 0. The van der Waals surface area contributed by atoms with Crippen LogP contribution in [0.15, 0.2) is 36.4 Å². The van der Waals surface area contributed by atoms with Gasteiger partial charge in [-0.05, 0) is 41.7 Å². The molecule has 2 heteroatoms. The van der Waals surface area contributed by atoms with Gasteiger partial charge in [0.1, 0.15) is 0 Å². The maximum Gasteiger partial charge on any atom is 0.0786 e. The molecule has 2 aromatic rings. The van der Waals surface area contributed by atoms with Gasteiger partial charge in [-0.25, -0.2) is 0 Å². The van der Waals surface area contributed by atoms with Gasteiger partial charge < -0.3 is 5.73 Å². The van der Waals surface area contributed by atoms with Crippen molar-refractivity contribution in [2.24, 2.45) is 0 Å². The lowest BCUT2D eigenvalue weighted by atomic mass is 9.83. The highest BCUT2D eigenvalue weighted by Gasteiger charge is 2.28. The molecule has 0 saturated heterocycles. The van der Waals surface area contributed by atoms with Crippen LogP contribution in [-0.2, 0) is 11.8 Å². The van der Waals surface area contributed by atoms with Crippen LogP contribution in [0.5, 0.6) is 0 Å². The molecule has 0 saturated carbocycles. The fraction of sp³-hybridized carbons (Fsp3) is 0.235. The summed E-state index contributed by atoms with van der Waals surface area (Å²) < 4.78 is 0. The van der Waals surface area contributed by atoms with Gasteiger partial charge in [-0.1, -0.05) is 36.4 Å². The van der Waals surface area contributed by atoms with Gasteiger partial charge in [0, 0.05) is 12.1 Å². The van der Waals surface area contributed by atoms with Crippen LogP contribution in [0.25, 0.3) is 11.1 Å². The number of nitrogen functional groups attached to an aromatic ring is 1. The summed E-state index contributed by atoms with van der Waals surface area (Å²) in [5.41, 5.74) is 12.5. The molecule has 19 heavy (non-hydrogen) atoms. The first-order valence-electron chi connectivity index (χ1n) is 6.46. The number of benzene rings is 2. The van der Waals surface area contributed by atoms with Crippen LogP contribution in [0.1, 0.15) is 30.5 Å². The van der Waals surface area contributed by atoms with E-state index < -0.39 is 5.41 Å². The molecule has 2 N–H and O–H groups in total. The molecule has 1 aliphatic rings. The van der Waals surface area contributed by atoms with Gasteiger partial charge in [0.2, 0.25) is 0 Å². The van der Waals surface area contributed by atoms with E-state index in [0.717, 1.165) is 17.7 Å². The topological polar surface area (TPSA) is 49.8 Å². The molecule has 0 unspecified atom stereocenters. The SMILES string of the molecule is CC(C)(C#N)c1ccc2c(c1N)Cc1ccccc1-2. The summed E-state index contributed by atoms with van der Waals surface area (Å²) in [4.78, 5) is 0. The summed E-state index contributed by atoms with van der Waals surface area (Å²) in [6, 6.07) is 14.8. The molecule has 0 atom stereocenters. The highest BCUT2D eigenvalue weighted by Crippen LogP contribution is 2.42. The number of nitrogens with zero attached hydrogens (tertiary/aromatic N) is 1. The van der Waals surface area contributed by atoms with Crippen molar-refractivity contribution in [2.45, 2.75) is 25.7 Å². The maximum atomic E-state index is 9.29. The first-order valence-corrected chi connectivity index (χ1v) is 6.46. The molecule has 2 nitrogen and oxygen atoms in total. The lowest BCUT2D eigenvalue weighted by Gasteiger charge is -2.20. The van der Waals surface area contributed by atoms with Crippen molar-refractivity contribution in [1.29, 1.82) is 5.26 Å². The van der Waals surface area contributed by atoms with E-state index in [9.17, 15) is 5.26 Å². The highest BCUT2D eigenvalue weighted by molar-refractivity contribution is 5.83. The van der Waals surface area contributed by atoms with Crippen molar-refractivity contribution in [3.63, 3.8) is 0 Å². The summed E-state index contributed by atoms with van der Waals surface area (Å²) in [6.07, 6.45) is 0.868. The number of hydrogen-bond acceptors (Lipinski definition) is 2. The van der Waals surface area contributed by atoms with Crippen LogP contribution in [0.2, 0.25) is 0 Å². The molecule has 0 bridgehead atoms. The van der Waals surface area contributed by atoms with Crippen molar-refractivity contribution >= 4 is 5.69 Å². The molecule has 1 aliphatic carbocycles. The third-order valence-corrected chi connectivity index (χ3v) is 3.98. The Morgan fingerprint density at radius 3 is 2.58 bits per heavy atom. The lowest BCUT2D eigenvalue weighted by Crippen LogP contribution is -2.17. The van der Waals surface area contributed by atoms with Gasteiger partial charge in [-0.2, -0.15) is 5.26 Å². The van der Waals surface area contributed by atoms with E-state index >= 15 is 0 Å². The second kappa shape index (κ2) is 3.86. The Bertz CT molecular complexity index is 706. The van der Waals surface area contributed by atoms with Gasteiger partial charge in [0.15, 0.2) is 0 Å². The summed E-state index contributed by atoms with van der Waals surface area (Å²) >= 11 is 0. The van der Waals surface area contributed by atoms with Crippen molar-refractivity contribution in [2.75, 3.05) is 5.73 Å². The zero-order valence-electron chi connectivity index (χ0n) is 11.2. The molecule has 0 heterocycles. The molecular weight excluding hydrogens is 232 g/mol. The first-order chi connectivity index (χ1) is 9.04. The third kappa shape index (κ3) is 1.62. The number of nitriles is 1. The molecule has 0 spiro atoms. The average Bonchev–Trinajstić information content (AvgIpc) is 2.79. The quantitative estimate of drug-likeness (QED) is 0.668. The van der Waals surface area contributed by atoms with Gasteiger partial charge >= 0.3 is 0 Å². The van der Waals surface area contributed by atoms with Crippen molar-refractivity contribution in [3.05, 3.63) is 53.1 Å². The second-order valence-electron chi connectivity index (χ2n) is 5.62. The van der Waals surface area contributed by atoms with Crippen molar-refractivity contribution in [3.8, 4) is 17.2 Å². The molecule has 3 rings (SSSR count). The zero-order valence-corrected chi connectivity index (χ0v) is 11.2. The van der Waals surface area contributed by atoms with Crippen molar-refractivity contribution in [1.82, 2.24) is 0 Å². The van der Waals surface area contributed by atoms with Gasteiger partial charge in [-0.3, -0.25) is 0 Å². The maximum absolute atomic E-state index is 9.29. The number of nitrogens with two attached hydrogens (primary N) is 1. The van der Waals surface area contributed by atoms with Gasteiger partial charge in [-0.15, -0.1) is 0 Å². The number of anilines is 1. The fourth-order valence-electron chi connectivity index (χ4n) is 2.84. The molecule has 0 amide bonds. The lowest BCUT2D eigenvalue weighted by molar-refractivity contribution is 0.689. The Kier molecular flexibility index (Phi) is 2.40. The molecular formula is C17H16N2. The Morgan fingerprint density at radius 1 is 1.11 bits per heavy atom. The Morgan fingerprint density at radius 2 is 1.84 bits per heavy atom. The zero-order chi connectivity index (χ0) is 13.6. The van der Waals surface area contributed by atoms with Crippen LogP contribution < -0.4 is 5.73 Å². The van der Waals surface area contributed by atoms with E-state index in [1.54, 1.807) is 0 Å². The van der Waals surface area contributed by atoms with E-state index in [0.29, 0.717) is 0 Å². The normalized spacial score (nSPS) is 12.7. The molecule has 0 aliphatic heterocycles. The van der Waals surface area contributed by atoms with Crippen LogP contribution in [0, 0.1) is 11.3 Å². The predicted molar refractivity (Wildman–Crippen MR) is 77.7 cm³/mol. The molecule has 0 aromatic heterocycles. The molecule has 2 aromatic carbocycles. The predicted octanol–water partition coefficient (Wildman–Crippen LogP) is 3.64. The number of rotatable bonds is 1. The van der Waals surface area contributed by atoms with Gasteiger partial charge in [0.05, 0.1) is 11.5 Å². The van der Waals surface area contributed by atoms with E-state index in [-0.39, 0.29) is 0 Å².